The molecule has 0 radical (unpaired) electrons. The van der Waals surface area contributed by atoms with E-state index in [1.54, 1.807) is 0 Å². The van der Waals surface area contributed by atoms with E-state index in [1.165, 1.54) is 5.56 Å². The molecule has 2 aromatic rings. The highest BCUT2D eigenvalue weighted by atomic mass is 16.3. The van der Waals surface area contributed by atoms with Gasteiger partial charge < -0.3 is 15.3 Å². The molecule has 0 amide bonds. The van der Waals surface area contributed by atoms with Gasteiger partial charge in [0.25, 0.3) is 0 Å². The average molecular weight is 286 g/mol. The minimum absolute atomic E-state index is 0.0783. The summed E-state index contributed by atoms with van der Waals surface area (Å²) in [6.45, 7) is 2.73. The molecule has 2 N–H and O–H groups in total. The Morgan fingerprint density at radius 3 is 2.33 bits per heavy atom. The predicted molar refractivity (Wildman–Crippen MR) is 85.1 cm³/mol. The van der Waals surface area contributed by atoms with E-state index in [0.717, 1.165) is 11.3 Å². The standard InChI is InChI=1S/C16H22N4O/c1-12(20(2)3)13-4-6-14(7-5-13)15-8-9-16(19-18-15)17-10-11-21/h4-9,12,21H,10-11H2,1-3H3,(H,17,19)/t12-/m1/s1. The van der Waals surface area contributed by atoms with E-state index in [1.807, 2.05) is 12.1 Å². The van der Waals surface area contributed by atoms with Crippen molar-refractivity contribution in [2.75, 3.05) is 32.6 Å². The van der Waals surface area contributed by atoms with E-state index in [9.17, 15) is 0 Å². The molecule has 0 bridgehead atoms. The Bertz CT molecular complexity index is 551. The van der Waals surface area contributed by atoms with Gasteiger partial charge in [0, 0.05) is 18.2 Å². The smallest absolute Gasteiger partial charge is 0.148 e. The highest BCUT2D eigenvalue weighted by molar-refractivity contribution is 5.60. The molecule has 1 aromatic carbocycles. The average Bonchev–Trinajstić information content (AvgIpc) is 2.53. The number of anilines is 1. The number of hydrogen-bond donors (Lipinski definition) is 2. The van der Waals surface area contributed by atoms with Gasteiger partial charge in [-0.15, -0.1) is 10.2 Å². The highest BCUT2D eigenvalue weighted by Crippen LogP contribution is 2.22. The molecule has 0 aliphatic carbocycles. The lowest BCUT2D eigenvalue weighted by Gasteiger charge is -2.20. The largest absolute Gasteiger partial charge is 0.395 e. The molecule has 0 saturated carbocycles. The van der Waals surface area contributed by atoms with E-state index in [2.05, 4.69) is 65.7 Å². The van der Waals surface area contributed by atoms with Gasteiger partial charge in [-0.1, -0.05) is 24.3 Å². The monoisotopic (exact) mass is 286 g/mol. The summed E-state index contributed by atoms with van der Waals surface area (Å²) < 4.78 is 0. The van der Waals surface area contributed by atoms with Crippen LogP contribution in [0.15, 0.2) is 36.4 Å². The van der Waals surface area contributed by atoms with Gasteiger partial charge in [0.2, 0.25) is 0 Å². The molecular weight excluding hydrogens is 264 g/mol. The summed E-state index contributed by atoms with van der Waals surface area (Å²) in [5, 5.41) is 20.0. The number of benzene rings is 1. The SMILES string of the molecule is C[C@H](c1ccc(-c2ccc(NCCO)nn2)cc1)N(C)C. The van der Waals surface area contributed by atoms with Gasteiger partial charge in [-0.05, 0) is 38.7 Å². The second-order valence-electron chi connectivity index (χ2n) is 5.22. The van der Waals surface area contributed by atoms with Crippen molar-refractivity contribution >= 4 is 5.82 Å². The summed E-state index contributed by atoms with van der Waals surface area (Å²) in [4.78, 5) is 2.18. The van der Waals surface area contributed by atoms with Gasteiger partial charge in [0.1, 0.15) is 5.82 Å². The number of aliphatic hydroxyl groups is 1. The molecule has 0 fully saturated rings. The summed E-state index contributed by atoms with van der Waals surface area (Å²) in [5.41, 5.74) is 3.16. The Kier molecular flexibility index (Phi) is 5.25. The summed E-state index contributed by atoms with van der Waals surface area (Å²) in [6, 6.07) is 12.6. The number of aliphatic hydroxyl groups excluding tert-OH is 1. The summed E-state index contributed by atoms with van der Waals surface area (Å²) in [6.07, 6.45) is 0. The van der Waals surface area contributed by atoms with Crippen LogP contribution in [0.2, 0.25) is 0 Å². The third kappa shape index (κ3) is 4.00. The Hall–Kier alpha value is -1.98. The van der Waals surface area contributed by atoms with Crippen LogP contribution >= 0.6 is 0 Å². The molecule has 5 heteroatoms. The zero-order chi connectivity index (χ0) is 15.2. The van der Waals surface area contributed by atoms with Crippen molar-refractivity contribution in [2.45, 2.75) is 13.0 Å². The van der Waals surface area contributed by atoms with Crippen molar-refractivity contribution in [3.8, 4) is 11.3 Å². The van der Waals surface area contributed by atoms with Crippen molar-refractivity contribution in [2.24, 2.45) is 0 Å². The van der Waals surface area contributed by atoms with Gasteiger partial charge in [-0.2, -0.15) is 0 Å². The first kappa shape index (κ1) is 15.4. The zero-order valence-electron chi connectivity index (χ0n) is 12.7. The van der Waals surface area contributed by atoms with Crippen molar-refractivity contribution in [3.63, 3.8) is 0 Å². The quantitative estimate of drug-likeness (QED) is 0.852. The summed E-state index contributed by atoms with van der Waals surface area (Å²) in [5.74, 6) is 0.672. The summed E-state index contributed by atoms with van der Waals surface area (Å²) in [7, 11) is 4.14. The lowest BCUT2D eigenvalue weighted by atomic mass is 10.0. The van der Waals surface area contributed by atoms with Crippen LogP contribution < -0.4 is 5.32 Å². The Balaban J connectivity index is 2.11. The molecule has 112 valence electrons. The number of nitrogens with zero attached hydrogens (tertiary/aromatic N) is 3. The van der Waals surface area contributed by atoms with Crippen LogP contribution in [0.1, 0.15) is 18.5 Å². The van der Waals surface area contributed by atoms with Crippen molar-refractivity contribution in [1.82, 2.24) is 15.1 Å². The summed E-state index contributed by atoms with van der Waals surface area (Å²) >= 11 is 0. The number of hydrogen-bond acceptors (Lipinski definition) is 5. The molecule has 0 aliphatic heterocycles. The number of aromatic nitrogens is 2. The van der Waals surface area contributed by atoms with E-state index in [-0.39, 0.29) is 6.61 Å². The van der Waals surface area contributed by atoms with Gasteiger partial charge in [0.05, 0.1) is 12.3 Å². The molecule has 0 unspecified atom stereocenters. The molecule has 1 atom stereocenters. The Morgan fingerprint density at radius 1 is 1.10 bits per heavy atom. The molecule has 1 heterocycles. The lowest BCUT2D eigenvalue weighted by Crippen LogP contribution is -2.16. The third-order valence-corrected chi connectivity index (χ3v) is 3.55. The molecular formula is C16H22N4O. The van der Waals surface area contributed by atoms with Crippen LogP contribution in [-0.4, -0.2) is 47.5 Å². The van der Waals surface area contributed by atoms with Crippen molar-refractivity contribution in [3.05, 3.63) is 42.0 Å². The molecule has 0 spiro atoms. The lowest BCUT2D eigenvalue weighted by molar-refractivity contribution is 0.311. The second-order valence-corrected chi connectivity index (χ2v) is 5.22. The van der Waals surface area contributed by atoms with Crippen LogP contribution in [-0.2, 0) is 0 Å². The maximum absolute atomic E-state index is 8.76. The fourth-order valence-electron chi connectivity index (χ4n) is 2.00. The first-order chi connectivity index (χ1) is 10.1. The van der Waals surface area contributed by atoms with Crippen LogP contribution in [0.4, 0.5) is 5.82 Å². The maximum Gasteiger partial charge on any atom is 0.148 e. The first-order valence-electron chi connectivity index (χ1n) is 7.07. The number of nitrogens with one attached hydrogen (secondary N) is 1. The minimum Gasteiger partial charge on any atom is -0.395 e. The topological polar surface area (TPSA) is 61.3 Å². The van der Waals surface area contributed by atoms with Crippen molar-refractivity contribution in [1.29, 1.82) is 0 Å². The molecule has 1 aromatic heterocycles. The fraction of sp³-hybridized carbons (Fsp3) is 0.375. The van der Waals surface area contributed by atoms with Crippen LogP contribution in [0.5, 0.6) is 0 Å². The van der Waals surface area contributed by atoms with Gasteiger partial charge in [-0.3, -0.25) is 0 Å². The van der Waals surface area contributed by atoms with Gasteiger partial charge >= 0.3 is 0 Å². The number of rotatable bonds is 6. The third-order valence-electron chi connectivity index (χ3n) is 3.55. The Labute approximate surface area is 125 Å². The highest BCUT2D eigenvalue weighted by Gasteiger charge is 2.08. The van der Waals surface area contributed by atoms with Crippen LogP contribution in [0, 0.1) is 0 Å². The second kappa shape index (κ2) is 7.15. The van der Waals surface area contributed by atoms with Crippen LogP contribution in [0.25, 0.3) is 11.3 Å². The Morgan fingerprint density at radius 2 is 1.81 bits per heavy atom. The normalized spacial score (nSPS) is 12.4. The first-order valence-corrected chi connectivity index (χ1v) is 7.07. The van der Waals surface area contributed by atoms with Crippen LogP contribution in [0.3, 0.4) is 0 Å². The molecule has 5 nitrogen and oxygen atoms in total. The maximum atomic E-state index is 8.76. The minimum atomic E-state index is 0.0783. The van der Waals surface area contributed by atoms with E-state index in [4.69, 9.17) is 5.11 Å². The molecule has 2 rings (SSSR count). The molecule has 0 saturated heterocycles. The zero-order valence-corrected chi connectivity index (χ0v) is 12.7. The van der Waals surface area contributed by atoms with Gasteiger partial charge in [0.15, 0.2) is 0 Å². The molecule has 0 aliphatic rings. The van der Waals surface area contributed by atoms with Gasteiger partial charge in [-0.25, -0.2) is 0 Å². The van der Waals surface area contributed by atoms with E-state index >= 15 is 0 Å². The van der Waals surface area contributed by atoms with Crippen molar-refractivity contribution < 1.29 is 5.11 Å². The predicted octanol–water partition coefficient (Wildman–Crippen LogP) is 2.17. The molecule has 21 heavy (non-hydrogen) atoms. The van der Waals surface area contributed by atoms with E-state index in [0.29, 0.717) is 18.4 Å². The van der Waals surface area contributed by atoms with E-state index < -0.39 is 0 Å². The fourth-order valence-corrected chi connectivity index (χ4v) is 2.00.